The van der Waals surface area contributed by atoms with E-state index in [1.54, 1.807) is 0 Å². The summed E-state index contributed by atoms with van der Waals surface area (Å²) in [7, 11) is 0. The van der Waals surface area contributed by atoms with Crippen molar-refractivity contribution in [1.82, 2.24) is 5.32 Å². The summed E-state index contributed by atoms with van der Waals surface area (Å²) in [5, 5.41) is 3.40. The molecule has 1 aliphatic rings. The standard InChI is InChI=1S/C17H19IN2O/c18-15-6-2-4-8-17(15)21-13-14-5-1-3-7-16(14)20-11-9-19-10-12-20/h1-8,19H,9-13H2. The predicted octanol–water partition coefficient (Wildman–Crippen LogP) is 3.28. The summed E-state index contributed by atoms with van der Waals surface area (Å²) in [5.74, 6) is 0.952. The third-order valence-corrected chi connectivity index (χ3v) is 4.56. The zero-order valence-electron chi connectivity index (χ0n) is 11.9. The summed E-state index contributed by atoms with van der Waals surface area (Å²) in [5.41, 5.74) is 2.55. The van der Waals surface area contributed by atoms with Crippen LogP contribution in [-0.4, -0.2) is 26.2 Å². The van der Waals surface area contributed by atoms with E-state index >= 15 is 0 Å². The smallest absolute Gasteiger partial charge is 0.133 e. The lowest BCUT2D eigenvalue weighted by Crippen LogP contribution is -2.43. The van der Waals surface area contributed by atoms with Gasteiger partial charge in [-0.15, -0.1) is 0 Å². The number of anilines is 1. The lowest BCUT2D eigenvalue weighted by molar-refractivity contribution is 0.304. The third kappa shape index (κ3) is 3.68. The Balaban J connectivity index is 1.74. The predicted molar refractivity (Wildman–Crippen MR) is 95.0 cm³/mol. The number of hydrogen-bond donors (Lipinski definition) is 1. The molecule has 0 amide bonds. The number of benzene rings is 2. The van der Waals surface area contributed by atoms with Crippen LogP contribution in [-0.2, 0) is 6.61 Å². The van der Waals surface area contributed by atoms with Crippen molar-refractivity contribution in [3.63, 3.8) is 0 Å². The lowest BCUT2D eigenvalue weighted by atomic mass is 10.1. The van der Waals surface area contributed by atoms with Crippen molar-refractivity contribution in [2.75, 3.05) is 31.1 Å². The largest absolute Gasteiger partial charge is 0.488 e. The summed E-state index contributed by atoms with van der Waals surface area (Å²) in [4.78, 5) is 2.44. The molecule has 1 fully saturated rings. The second-order valence-corrected chi connectivity index (χ2v) is 6.25. The zero-order chi connectivity index (χ0) is 14.5. The van der Waals surface area contributed by atoms with Gasteiger partial charge in [0.2, 0.25) is 0 Å². The molecule has 3 rings (SSSR count). The highest BCUT2D eigenvalue weighted by Crippen LogP contribution is 2.25. The first-order valence-electron chi connectivity index (χ1n) is 7.25. The van der Waals surface area contributed by atoms with Gasteiger partial charge in [-0.3, -0.25) is 0 Å². The highest BCUT2D eigenvalue weighted by Gasteiger charge is 2.14. The van der Waals surface area contributed by atoms with Gasteiger partial charge in [-0.2, -0.15) is 0 Å². The molecular weight excluding hydrogens is 375 g/mol. The quantitative estimate of drug-likeness (QED) is 0.806. The van der Waals surface area contributed by atoms with Crippen molar-refractivity contribution < 1.29 is 4.74 Å². The van der Waals surface area contributed by atoms with Crippen molar-refractivity contribution >= 4 is 28.3 Å². The molecule has 110 valence electrons. The van der Waals surface area contributed by atoms with Gasteiger partial charge in [0.05, 0.1) is 3.57 Å². The molecule has 1 N–H and O–H groups in total. The molecule has 0 atom stereocenters. The molecule has 0 bridgehead atoms. The fraction of sp³-hybridized carbons (Fsp3) is 0.294. The molecular formula is C17H19IN2O. The number of rotatable bonds is 4. The van der Waals surface area contributed by atoms with Crippen LogP contribution in [0.5, 0.6) is 5.75 Å². The van der Waals surface area contributed by atoms with Gasteiger partial charge in [-0.1, -0.05) is 30.3 Å². The van der Waals surface area contributed by atoms with Crippen molar-refractivity contribution in [3.05, 3.63) is 57.7 Å². The first-order valence-corrected chi connectivity index (χ1v) is 8.33. The molecule has 0 aliphatic carbocycles. The summed E-state index contributed by atoms with van der Waals surface area (Å²) in [6.45, 7) is 4.82. The van der Waals surface area contributed by atoms with E-state index in [1.807, 2.05) is 18.2 Å². The van der Waals surface area contributed by atoms with Crippen LogP contribution in [0.4, 0.5) is 5.69 Å². The Morgan fingerprint density at radius 1 is 1.00 bits per heavy atom. The summed E-state index contributed by atoms with van der Waals surface area (Å²) in [6.07, 6.45) is 0. The van der Waals surface area contributed by atoms with Crippen LogP contribution < -0.4 is 15.0 Å². The van der Waals surface area contributed by atoms with Crippen LogP contribution in [0, 0.1) is 3.57 Å². The highest BCUT2D eigenvalue weighted by atomic mass is 127. The van der Waals surface area contributed by atoms with Crippen LogP contribution >= 0.6 is 22.6 Å². The van der Waals surface area contributed by atoms with E-state index in [0.29, 0.717) is 6.61 Å². The molecule has 4 heteroatoms. The topological polar surface area (TPSA) is 24.5 Å². The maximum Gasteiger partial charge on any atom is 0.133 e. The maximum atomic E-state index is 6.00. The van der Waals surface area contributed by atoms with Gasteiger partial charge < -0.3 is 15.0 Å². The zero-order valence-corrected chi connectivity index (χ0v) is 14.0. The number of piperazine rings is 1. The summed E-state index contributed by atoms with van der Waals surface area (Å²) < 4.78 is 7.15. The minimum atomic E-state index is 0.611. The Morgan fingerprint density at radius 3 is 2.52 bits per heavy atom. The van der Waals surface area contributed by atoms with E-state index in [2.05, 4.69) is 63.1 Å². The molecule has 0 radical (unpaired) electrons. The molecule has 1 saturated heterocycles. The van der Waals surface area contributed by atoms with Gasteiger partial charge in [0.15, 0.2) is 0 Å². The number of ether oxygens (including phenoxy) is 1. The van der Waals surface area contributed by atoms with E-state index < -0.39 is 0 Å². The van der Waals surface area contributed by atoms with Crippen molar-refractivity contribution in [3.8, 4) is 5.75 Å². The fourth-order valence-electron chi connectivity index (χ4n) is 2.56. The minimum absolute atomic E-state index is 0.611. The third-order valence-electron chi connectivity index (χ3n) is 3.67. The van der Waals surface area contributed by atoms with E-state index in [1.165, 1.54) is 11.3 Å². The minimum Gasteiger partial charge on any atom is -0.488 e. The summed E-state index contributed by atoms with van der Waals surface area (Å²) in [6, 6.07) is 16.7. The maximum absolute atomic E-state index is 6.00. The van der Waals surface area contributed by atoms with Gasteiger partial charge >= 0.3 is 0 Å². The number of para-hydroxylation sites is 2. The van der Waals surface area contributed by atoms with Gasteiger partial charge in [0, 0.05) is 37.4 Å². The molecule has 0 spiro atoms. The van der Waals surface area contributed by atoms with E-state index in [-0.39, 0.29) is 0 Å². The van der Waals surface area contributed by atoms with E-state index in [0.717, 1.165) is 35.5 Å². The second kappa shape index (κ2) is 7.13. The Bertz CT molecular complexity index is 597. The SMILES string of the molecule is Ic1ccccc1OCc1ccccc1N1CCNCC1. The van der Waals surface area contributed by atoms with Crippen LogP contribution in [0.15, 0.2) is 48.5 Å². The number of halogens is 1. The van der Waals surface area contributed by atoms with Crippen molar-refractivity contribution in [2.24, 2.45) is 0 Å². The average molecular weight is 394 g/mol. The van der Waals surface area contributed by atoms with Crippen LogP contribution in [0.1, 0.15) is 5.56 Å². The molecule has 1 heterocycles. The first-order chi connectivity index (χ1) is 10.3. The monoisotopic (exact) mass is 394 g/mol. The Kier molecular flexibility index (Phi) is 4.98. The highest BCUT2D eigenvalue weighted by molar-refractivity contribution is 14.1. The molecule has 0 saturated carbocycles. The molecule has 3 nitrogen and oxygen atoms in total. The molecule has 21 heavy (non-hydrogen) atoms. The van der Waals surface area contributed by atoms with E-state index in [9.17, 15) is 0 Å². The lowest BCUT2D eigenvalue weighted by Gasteiger charge is -2.31. The molecule has 0 unspecified atom stereocenters. The van der Waals surface area contributed by atoms with Crippen LogP contribution in [0.2, 0.25) is 0 Å². The van der Waals surface area contributed by atoms with Gasteiger partial charge in [-0.05, 0) is 40.8 Å². The van der Waals surface area contributed by atoms with Gasteiger partial charge in [0.1, 0.15) is 12.4 Å². The number of hydrogen-bond acceptors (Lipinski definition) is 3. The Labute approximate surface area is 139 Å². The van der Waals surface area contributed by atoms with Gasteiger partial charge in [-0.25, -0.2) is 0 Å². The molecule has 0 aromatic heterocycles. The Morgan fingerprint density at radius 2 is 1.71 bits per heavy atom. The molecule has 1 aliphatic heterocycles. The molecule has 2 aromatic rings. The first kappa shape index (κ1) is 14.7. The second-order valence-electron chi connectivity index (χ2n) is 5.08. The van der Waals surface area contributed by atoms with Crippen LogP contribution in [0.3, 0.4) is 0 Å². The normalized spacial score (nSPS) is 15.0. The number of nitrogens with zero attached hydrogens (tertiary/aromatic N) is 1. The van der Waals surface area contributed by atoms with Crippen molar-refractivity contribution in [2.45, 2.75) is 6.61 Å². The van der Waals surface area contributed by atoms with Gasteiger partial charge in [0.25, 0.3) is 0 Å². The number of nitrogens with one attached hydrogen (secondary N) is 1. The molecule has 2 aromatic carbocycles. The van der Waals surface area contributed by atoms with Crippen LogP contribution in [0.25, 0.3) is 0 Å². The Hall–Kier alpha value is -1.27. The average Bonchev–Trinajstić information content (AvgIpc) is 2.55. The van der Waals surface area contributed by atoms with Crippen molar-refractivity contribution in [1.29, 1.82) is 0 Å². The fourth-order valence-corrected chi connectivity index (χ4v) is 3.11. The summed E-state index contributed by atoms with van der Waals surface area (Å²) >= 11 is 2.31. The van der Waals surface area contributed by atoms with E-state index in [4.69, 9.17) is 4.74 Å².